The second-order valence-electron chi connectivity index (χ2n) is 5.46. The van der Waals surface area contributed by atoms with Crippen LogP contribution in [0.4, 0.5) is 0 Å². The molecule has 1 fully saturated rings. The Kier molecular flexibility index (Phi) is 5.27. The van der Waals surface area contributed by atoms with E-state index in [1.165, 1.54) is 4.90 Å². The SMILES string of the molecule is CN1C(=O)/C(=C/c2ccc(OCc3ccc(Cl)cc3)c(Cl)c2)NC1=S. The molecular formula is C18H14Cl2N2O2S. The highest BCUT2D eigenvalue weighted by atomic mass is 35.5. The molecule has 3 rings (SSSR count). The van der Waals surface area contributed by atoms with Gasteiger partial charge in [0.05, 0.1) is 5.02 Å². The Hall–Kier alpha value is -2.08. The lowest BCUT2D eigenvalue weighted by Crippen LogP contribution is -2.25. The normalized spacial score (nSPS) is 15.6. The number of nitrogens with one attached hydrogen (secondary N) is 1. The van der Waals surface area contributed by atoms with Crippen LogP contribution in [0.1, 0.15) is 11.1 Å². The zero-order valence-corrected chi connectivity index (χ0v) is 15.6. The quantitative estimate of drug-likeness (QED) is 0.623. The van der Waals surface area contributed by atoms with Crippen molar-refractivity contribution in [2.45, 2.75) is 6.61 Å². The van der Waals surface area contributed by atoms with Crippen molar-refractivity contribution in [2.75, 3.05) is 7.05 Å². The maximum Gasteiger partial charge on any atom is 0.276 e. The minimum Gasteiger partial charge on any atom is -0.487 e. The molecule has 1 heterocycles. The van der Waals surface area contributed by atoms with Crippen LogP contribution in [0, 0.1) is 0 Å². The molecule has 1 N–H and O–H groups in total. The highest BCUT2D eigenvalue weighted by Crippen LogP contribution is 2.27. The van der Waals surface area contributed by atoms with E-state index in [0.717, 1.165) is 11.1 Å². The molecule has 1 aliphatic rings. The van der Waals surface area contributed by atoms with Gasteiger partial charge in [-0.05, 0) is 53.7 Å². The Morgan fingerprint density at radius 2 is 1.92 bits per heavy atom. The summed E-state index contributed by atoms with van der Waals surface area (Å²) < 4.78 is 5.74. The third-order valence-electron chi connectivity index (χ3n) is 3.66. The fraction of sp³-hybridized carbons (Fsp3) is 0.111. The molecule has 0 saturated carbocycles. The predicted octanol–water partition coefficient (Wildman–Crippen LogP) is 4.26. The van der Waals surface area contributed by atoms with Crippen molar-refractivity contribution >= 4 is 52.5 Å². The largest absolute Gasteiger partial charge is 0.487 e. The van der Waals surface area contributed by atoms with Gasteiger partial charge in [-0.1, -0.05) is 41.4 Å². The number of carbonyl (C=O) groups excluding carboxylic acids is 1. The standard InChI is InChI=1S/C18H14Cl2N2O2S/c1-22-17(23)15(21-18(22)25)9-12-4-7-16(14(20)8-12)24-10-11-2-5-13(19)6-3-11/h2-9H,10H2,1H3,(H,21,25)/b15-9-. The van der Waals surface area contributed by atoms with Gasteiger partial charge in [0.1, 0.15) is 18.1 Å². The molecule has 1 aliphatic heterocycles. The molecule has 0 aromatic heterocycles. The Bertz CT molecular complexity index is 866. The van der Waals surface area contributed by atoms with E-state index < -0.39 is 0 Å². The van der Waals surface area contributed by atoms with E-state index in [2.05, 4.69) is 5.32 Å². The molecule has 0 bridgehead atoms. The van der Waals surface area contributed by atoms with Crippen LogP contribution in [0.5, 0.6) is 5.75 Å². The lowest BCUT2D eigenvalue weighted by Gasteiger charge is -2.09. The van der Waals surface area contributed by atoms with Gasteiger partial charge < -0.3 is 10.1 Å². The van der Waals surface area contributed by atoms with Crippen LogP contribution in [0.15, 0.2) is 48.2 Å². The van der Waals surface area contributed by atoms with Gasteiger partial charge in [0.15, 0.2) is 5.11 Å². The lowest BCUT2D eigenvalue weighted by molar-refractivity contribution is -0.121. The summed E-state index contributed by atoms with van der Waals surface area (Å²) in [7, 11) is 1.62. The van der Waals surface area contributed by atoms with E-state index in [1.807, 2.05) is 30.3 Å². The average molecular weight is 393 g/mol. The van der Waals surface area contributed by atoms with Crippen molar-refractivity contribution < 1.29 is 9.53 Å². The molecule has 0 spiro atoms. The number of thiocarbonyl (C=S) groups is 1. The number of benzene rings is 2. The summed E-state index contributed by atoms with van der Waals surface area (Å²) in [6.45, 7) is 0.385. The van der Waals surface area contributed by atoms with Gasteiger partial charge in [-0.25, -0.2) is 0 Å². The van der Waals surface area contributed by atoms with E-state index >= 15 is 0 Å². The van der Waals surface area contributed by atoms with E-state index in [4.69, 9.17) is 40.2 Å². The predicted molar refractivity (Wildman–Crippen MR) is 104 cm³/mol. The molecule has 25 heavy (non-hydrogen) atoms. The van der Waals surface area contributed by atoms with Crippen molar-refractivity contribution in [2.24, 2.45) is 0 Å². The summed E-state index contributed by atoms with van der Waals surface area (Å²) in [5, 5.41) is 4.39. The monoisotopic (exact) mass is 392 g/mol. The van der Waals surface area contributed by atoms with E-state index in [9.17, 15) is 4.79 Å². The summed E-state index contributed by atoms with van der Waals surface area (Å²) in [4.78, 5) is 13.4. The fourth-order valence-electron chi connectivity index (χ4n) is 2.26. The summed E-state index contributed by atoms with van der Waals surface area (Å²) >= 11 is 17.2. The molecule has 0 aliphatic carbocycles. The van der Waals surface area contributed by atoms with Crippen LogP contribution < -0.4 is 10.1 Å². The zero-order chi connectivity index (χ0) is 18.0. The van der Waals surface area contributed by atoms with Gasteiger partial charge in [-0.3, -0.25) is 9.69 Å². The first-order valence-corrected chi connectivity index (χ1v) is 8.58. The highest BCUT2D eigenvalue weighted by molar-refractivity contribution is 7.80. The summed E-state index contributed by atoms with van der Waals surface area (Å²) in [6.07, 6.45) is 1.70. The van der Waals surface area contributed by atoms with Crippen LogP contribution in [0.3, 0.4) is 0 Å². The number of hydrogen-bond donors (Lipinski definition) is 1. The number of likely N-dealkylation sites (N-methyl/N-ethyl adjacent to an activating group) is 1. The number of amides is 1. The number of carbonyl (C=O) groups is 1. The van der Waals surface area contributed by atoms with Crippen LogP contribution in [-0.2, 0) is 11.4 Å². The molecule has 2 aromatic rings. The van der Waals surface area contributed by atoms with Gasteiger partial charge in [0.25, 0.3) is 5.91 Å². The van der Waals surface area contributed by atoms with Crippen LogP contribution >= 0.6 is 35.4 Å². The highest BCUT2D eigenvalue weighted by Gasteiger charge is 2.26. The minimum atomic E-state index is -0.177. The Morgan fingerprint density at radius 3 is 2.52 bits per heavy atom. The van der Waals surface area contributed by atoms with Gasteiger partial charge in [-0.15, -0.1) is 0 Å². The minimum absolute atomic E-state index is 0.177. The summed E-state index contributed by atoms with van der Waals surface area (Å²) in [6, 6.07) is 12.7. The first-order valence-electron chi connectivity index (χ1n) is 7.41. The first-order chi connectivity index (χ1) is 11.9. The van der Waals surface area contributed by atoms with Crippen LogP contribution in [0.25, 0.3) is 6.08 Å². The van der Waals surface area contributed by atoms with Gasteiger partial charge in [0, 0.05) is 12.1 Å². The molecular weight excluding hydrogens is 379 g/mol. The Balaban J connectivity index is 1.72. The third kappa shape index (κ3) is 4.12. The van der Waals surface area contributed by atoms with Crippen molar-refractivity contribution in [3.05, 3.63) is 69.3 Å². The molecule has 0 unspecified atom stereocenters. The number of nitrogens with zero attached hydrogens (tertiary/aromatic N) is 1. The number of rotatable bonds is 4. The number of hydrogen-bond acceptors (Lipinski definition) is 3. The molecule has 0 atom stereocenters. The van der Waals surface area contributed by atoms with Crippen molar-refractivity contribution in [1.82, 2.24) is 10.2 Å². The Morgan fingerprint density at radius 1 is 1.20 bits per heavy atom. The van der Waals surface area contributed by atoms with Crippen LogP contribution in [0.2, 0.25) is 10.0 Å². The smallest absolute Gasteiger partial charge is 0.276 e. The molecule has 1 amide bonds. The molecule has 7 heteroatoms. The second kappa shape index (κ2) is 7.44. The number of ether oxygens (including phenoxy) is 1. The van der Waals surface area contributed by atoms with Crippen molar-refractivity contribution in [1.29, 1.82) is 0 Å². The van der Waals surface area contributed by atoms with Gasteiger partial charge in [-0.2, -0.15) is 0 Å². The van der Waals surface area contributed by atoms with E-state index in [-0.39, 0.29) is 5.91 Å². The van der Waals surface area contributed by atoms with Gasteiger partial charge >= 0.3 is 0 Å². The average Bonchev–Trinajstić information content (AvgIpc) is 2.83. The van der Waals surface area contributed by atoms with Gasteiger partial charge in [0.2, 0.25) is 0 Å². The van der Waals surface area contributed by atoms with Crippen LogP contribution in [-0.4, -0.2) is 23.0 Å². The molecule has 1 saturated heterocycles. The molecule has 4 nitrogen and oxygen atoms in total. The topological polar surface area (TPSA) is 41.6 Å². The van der Waals surface area contributed by atoms with E-state index in [1.54, 1.807) is 25.3 Å². The Labute approximate surface area is 161 Å². The first kappa shape index (κ1) is 17.7. The molecule has 2 aromatic carbocycles. The second-order valence-corrected chi connectivity index (χ2v) is 6.69. The third-order valence-corrected chi connectivity index (χ3v) is 4.58. The fourth-order valence-corrected chi connectivity index (χ4v) is 2.82. The van der Waals surface area contributed by atoms with Crippen molar-refractivity contribution in [3.8, 4) is 5.75 Å². The zero-order valence-electron chi connectivity index (χ0n) is 13.3. The van der Waals surface area contributed by atoms with E-state index in [0.29, 0.717) is 33.2 Å². The maximum atomic E-state index is 12.0. The lowest BCUT2D eigenvalue weighted by atomic mass is 10.2. The molecule has 128 valence electrons. The summed E-state index contributed by atoms with van der Waals surface area (Å²) in [5.74, 6) is 0.390. The van der Waals surface area contributed by atoms with Crippen molar-refractivity contribution in [3.63, 3.8) is 0 Å². The number of halogens is 2. The summed E-state index contributed by atoms with van der Waals surface area (Å²) in [5.41, 5.74) is 2.18. The molecule has 0 radical (unpaired) electrons. The maximum absolute atomic E-state index is 12.0.